The number of hydrogen-bond donors (Lipinski definition) is 1. The van der Waals surface area contributed by atoms with Crippen molar-refractivity contribution in [3.8, 4) is 11.5 Å². The Morgan fingerprint density at radius 3 is 2.26 bits per heavy atom. The van der Waals surface area contributed by atoms with Gasteiger partial charge in [-0.1, -0.05) is 29.8 Å². The molecule has 0 aliphatic carbocycles. The van der Waals surface area contributed by atoms with Gasteiger partial charge in [0.25, 0.3) is 0 Å². The molecule has 3 rings (SSSR count). The van der Waals surface area contributed by atoms with Crippen molar-refractivity contribution in [2.45, 2.75) is 39.8 Å². The van der Waals surface area contributed by atoms with Crippen LogP contribution in [-0.4, -0.2) is 30.6 Å². The van der Waals surface area contributed by atoms with E-state index in [0.29, 0.717) is 26.3 Å². The van der Waals surface area contributed by atoms with Crippen LogP contribution in [0.3, 0.4) is 0 Å². The first-order chi connectivity index (χ1) is 13.0. The lowest BCUT2D eigenvalue weighted by Crippen LogP contribution is -2.41. The summed E-state index contributed by atoms with van der Waals surface area (Å²) in [6.07, 6.45) is 0.786. The van der Waals surface area contributed by atoms with E-state index < -0.39 is 6.04 Å². The van der Waals surface area contributed by atoms with Gasteiger partial charge >= 0.3 is 0 Å². The SMILES string of the molecule is CCOc1cc2c(cc1OCC)CN(C(=O)C(N)c1ccc(C)cc1)CC2. The van der Waals surface area contributed by atoms with Crippen LogP contribution in [-0.2, 0) is 17.8 Å². The summed E-state index contributed by atoms with van der Waals surface area (Å²) in [4.78, 5) is 14.8. The molecule has 1 atom stereocenters. The number of carbonyl (C=O) groups is 1. The molecule has 0 aromatic heterocycles. The predicted octanol–water partition coefficient (Wildman–Crippen LogP) is 3.38. The number of rotatable bonds is 6. The smallest absolute Gasteiger partial charge is 0.244 e. The quantitative estimate of drug-likeness (QED) is 0.849. The largest absolute Gasteiger partial charge is 0.490 e. The molecule has 0 saturated carbocycles. The van der Waals surface area contributed by atoms with Gasteiger partial charge in [0.1, 0.15) is 6.04 Å². The molecule has 144 valence electrons. The topological polar surface area (TPSA) is 64.8 Å². The molecule has 2 aromatic carbocycles. The lowest BCUT2D eigenvalue weighted by Gasteiger charge is -2.31. The van der Waals surface area contributed by atoms with Crippen molar-refractivity contribution in [1.82, 2.24) is 4.90 Å². The summed E-state index contributed by atoms with van der Waals surface area (Å²) in [5.41, 5.74) is 10.5. The zero-order valence-corrected chi connectivity index (χ0v) is 16.3. The maximum Gasteiger partial charge on any atom is 0.244 e. The minimum Gasteiger partial charge on any atom is -0.490 e. The molecule has 0 radical (unpaired) electrons. The highest BCUT2D eigenvalue weighted by atomic mass is 16.5. The van der Waals surface area contributed by atoms with E-state index in [2.05, 4.69) is 0 Å². The van der Waals surface area contributed by atoms with E-state index in [9.17, 15) is 4.79 Å². The first kappa shape index (κ1) is 19.2. The van der Waals surface area contributed by atoms with Gasteiger partial charge < -0.3 is 20.1 Å². The van der Waals surface area contributed by atoms with Gasteiger partial charge in [-0.3, -0.25) is 4.79 Å². The summed E-state index contributed by atoms with van der Waals surface area (Å²) in [5.74, 6) is 1.46. The van der Waals surface area contributed by atoms with Crippen LogP contribution in [0.25, 0.3) is 0 Å². The van der Waals surface area contributed by atoms with Crippen molar-refractivity contribution < 1.29 is 14.3 Å². The first-order valence-corrected chi connectivity index (χ1v) is 9.55. The van der Waals surface area contributed by atoms with Crippen LogP contribution in [0.5, 0.6) is 11.5 Å². The molecule has 27 heavy (non-hydrogen) atoms. The molecule has 1 aliphatic rings. The normalized spacial score (nSPS) is 14.4. The Labute approximate surface area is 161 Å². The Balaban J connectivity index is 1.79. The van der Waals surface area contributed by atoms with E-state index in [4.69, 9.17) is 15.2 Å². The van der Waals surface area contributed by atoms with E-state index in [1.54, 1.807) is 0 Å². The number of aryl methyl sites for hydroxylation is 1. The Morgan fingerprint density at radius 1 is 1.07 bits per heavy atom. The monoisotopic (exact) mass is 368 g/mol. The Bertz CT molecular complexity index is 802. The second-order valence-corrected chi connectivity index (χ2v) is 6.83. The van der Waals surface area contributed by atoms with Crippen LogP contribution in [0.2, 0.25) is 0 Å². The van der Waals surface area contributed by atoms with Crippen LogP contribution < -0.4 is 15.2 Å². The van der Waals surface area contributed by atoms with Gasteiger partial charge in [0, 0.05) is 13.1 Å². The van der Waals surface area contributed by atoms with Crippen molar-refractivity contribution in [3.63, 3.8) is 0 Å². The number of amides is 1. The summed E-state index contributed by atoms with van der Waals surface area (Å²) >= 11 is 0. The highest BCUT2D eigenvalue weighted by Crippen LogP contribution is 2.34. The van der Waals surface area contributed by atoms with Crippen molar-refractivity contribution in [3.05, 3.63) is 58.7 Å². The number of benzene rings is 2. The molecule has 1 aliphatic heterocycles. The van der Waals surface area contributed by atoms with Gasteiger partial charge in [0.05, 0.1) is 13.2 Å². The van der Waals surface area contributed by atoms with Crippen molar-refractivity contribution >= 4 is 5.91 Å². The number of nitrogens with two attached hydrogens (primary N) is 1. The molecule has 0 fully saturated rings. The van der Waals surface area contributed by atoms with E-state index >= 15 is 0 Å². The third-order valence-electron chi connectivity index (χ3n) is 4.89. The van der Waals surface area contributed by atoms with E-state index in [0.717, 1.165) is 34.6 Å². The first-order valence-electron chi connectivity index (χ1n) is 9.55. The third-order valence-corrected chi connectivity index (χ3v) is 4.89. The molecule has 2 aromatic rings. The fourth-order valence-corrected chi connectivity index (χ4v) is 3.40. The fourth-order valence-electron chi connectivity index (χ4n) is 3.40. The molecule has 1 heterocycles. The summed E-state index contributed by atoms with van der Waals surface area (Å²) in [6.45, 7) is 8.29. The lowest BCUT2D eigenvalue weighted by molar-refractivity contribution is -0.133. The minimum atomic E-state index is -0.638. The summed E-state index contributed by atoms with van der Waals surface area (Å²) in [6, 6.07) is 11.2. The Morgan fingerprint density at radius 2 is 1.67 bits per heavy atom. The molecule has 5 heteroatoms. The molecule has 0 spiro atoms. The van der Waals surface area contributed by atoms with Gasteiger partial charge in [0.15, 0.2) is 11.5 Å². The lowest BCUT2D eigenvalue weighted by atomic mass is 9.97. The number of fused-ring (bicyclic) bond motifs is 1. The van der Waals surface area contributed by atoms with Gasteiger partial charge in [-0.15, -0.1) is 0 Å². The number of ether oxygens (including phenoxy) is 2. The standard InChI is InChI=1S/C22H28N2O3/c1-4-26-19-12-17-10-11-24(14-18(17)13-20(19)27-5-2)22(25)21(23)16-8-6-15(3)7-9-16/h6-9,12-13,21H,4-5,10-11,14,23H2,1-3H3. The van der Waals surface area contributed by atoms with Crippen LogP contribution >= 0.6 is 0 Å². The highest BCUT2D eigenvalue weighted by Gasteiger charge is 2.27. The highest BCUT2D eigenvalue weighted by molar-refractivity contribution is 5.83. The number of nitrogens with zero attached hydrogens (tertiary/aromatic N) is 1. The average molecular weight is 368 g/mol. The van der Waals surface area contributed by atoms with E-state index in [1.165, 1.54) is 5.56 Å². The van der Waals surface area contributed by atoms with Crippen LogP contribution in [0.1, 0.15) is 42.1 Å². The fraction of sp³-hybridized carbons (Fsp3) is 0.409. The van der Waals surface area contributed by atoms with E-state index in [-0.39, 0.29) is 5.91 Å². The van der Waals surface area contributed by atoms with E-state index in [1.807, 2.05) is 62.1 Å². The molecular weight excluding hydrogens is 340 g/mol. The van der Waals surface area contributed by atoms with Crippen molar-refractivity contribution in [2.24, 2.45) is 5.73 Å². The van der Waals surface area contributed by atoms with Gasteiger partial charge in [-0.2, -0.15) is 0 Å². The maximum atomic E-state index is 12.9. The third kappa shape index (κ3) is 4.25. The molecule has 1 unspecified atom stereocenters. The zero-order chi connectivity index (χ0) is 19.4. The van der Waals surface area contributed by atoms with Crippen LogP contribution in [0.15, 0.2) is 36.4 Å². The average Bonchev–Trinajstić information content (AvgIpc) is 2.68. The maximum absolute atomic E-state index is 12.9. The summed E-state index contributed by atoms with van der Waals surface area (Å²) in [5, 5.41) is 0. The molecule has 1 amide bonds. The molecular formula is C22H28N2O3. The molecule has 5 nitrogen and oxygen atoms in total. The van der Waals surface area contributed by atoms with Crippen molar-refractivity contribution in [1.29, 1.82) is 0 Å². The summed E-state index contributed by atoms with van der Waals surface area (Å²) < 4.78 is 11.4. The Kier molecular flexibility index (Phi) is 6.01. The van der Waals surface area contributed by atoms with Crippen LogP contribution in [0, 0.1) is 6.92 Å². The second kappa shape index (κ2) is 8.44. The number of carbonyl (C=O) groups excluding carboxylic acids is 1. The van der Waals surface area contributed by atoms with Gasteiger partial charge in [-0.25, -0.2) is 0 Å². The number of hydrogen-bond acceptors (Lipinski definition) is 4. The molecule has 0 saturated heterocycles. The van der Waals surface area contributed by atoms with Gasteiger partial charge in [0.2, 0.25) is 5.91 Å². The zero-order valence-electron chi connectivity index (χ0n) is 16.3. The second-order valence-electron chi connectivity index (χ2n) is 6.83. The molecule has 0 bridgehead atoms. The van der Waals surface area contributed by atoms with Crippen LogP contribution in [0.4, 0.5) is 0 Å². The minimum absolute atomic E-state index is 0.0450. The molecule has 2 N–H and O–H groups in total. The van der Waals surface area contributed by atoms with Crippen molar-refractivity contribution in [2.75, 3.05) is 19.8 Å². The predicted molar refractivity (Wildman–Crippen MR) is 106 cm³/mol. The Hall–Kier alpha value is -2.53. The summed E-state index contributed by atoms with van der Waals surface area (Å²) in [7, 11) is 0. The van der Waals surface area contributed by atoms with Gasteiger partial charge in [-0.05, 0) is 56.0 Å².